The molecule has 2 rings (SSSR count). The van der Waals surface area contributed by atoms with Gasteiger partial charge in [-0.1, -0.05) is 6.92 Å². The first-order valence-electron chi connectivity index (χ1n) is 7.42. The van der Waals surface area contributed by atoms with E-state index in [9.17, 15) is 4.79 Å². The number of likely N-dealkylation sites (N-methyl/N-ethyl adjacent to an activating group) is 1. The molecule has 1 aliphatic rings. The van der Waals surface area contributed by atoms with E-state index in [0.717, 1.165) is 31.6 Å². The van der Waals surface area contributed by atoms with Gasteiger partial charge < -0.3 is 10.2 Å². The molecule has 1 aromatic heterocycles. The van der Waals surface area contributed by atoms with Crippen LogP contribution >= 0.6 is 0 Å². The maximum absolute atomic E-state index is 12.0. The lowest BCUT2D eigenvalue weighted by Crippen LogP contribution is -2.32. The van der Waals surface area contributed by atoms with Crippen molar-refractivity contribution < 1.29 is 4.79 Å². The normalized spacial score (nSPS) is 19.9. The molecule has 5 nitrogen and oxygen atoms in total. The lowest BCUT2D eigenvalue weighted by atomic mass is 9.94. The van der Waals surface area contributed by atoms with Gasteiger partial charge in [0.15, 0.2) is 0 Å². The zero-order valence-electron chi connectivity index (χ0n) is 12.6. The van der Waals surface area contributed by atoms with Crippen LogP contribution in [0.4, 0.5) is 0 Å². The molecule has 0 saturated carbocycles. The summed E-state index contributed by atoms with van der Waals surface area (Å²) in [7, 11) is 2.13. The van der Waals surface area contributed by atoms with Crippen LogP contribution in [0, 0.1) is 6.92 Å². The Morgan fingerprint density at radius 2 is 2.30 bits per heavy atom. The molecule has 1 fully saturated rings. The highest BCUT2D eigenvalue weighted by molar-refractivity contribution is 5.92. The lowest BCUT2D eigenvalue weighted by Gasteiger charge is -2.29. The first-order valence-corrected chi connectivity index (χ1v) is 7.42. The molecule has 0 spiro atoms. The Balaban J connectivity index is 2.17. The summed E-state index contributed by atoms with van der Waals surface area (Å²) >= 11 is 0. The molecule has 110 valence electrons. The maximum atomic E-state index is 12.0. The SMILES string of the molecule is CCCNC(=O)c1cc(C2CCCN(C)C2)nc(C)n1. The van der Waals surface area contributed by atoms with Crippen LogP contribution in [0.15, 0.2) is 6.07 Å². The molecule has 1 saturated heterocycles. The Morgan fingerprint density at radius 1 is 1.50 bits per heavy atom. The average molecular weight is 276 g/mol. The van der Waals surface area contributed by atoms with Gasteiger partial charge in [0.2, 0.25) is 0 Å². The number of piperidine rings is 1. The second-order valence-corrected chi connectivity index (χ2v) is 5.58. The second kappa shape index (κ2) is 6.79. The van der Waals surface area contributed by atoms with Crippen molar-refractivity contribution in [3.63, 3.8) is 0 Å². The van der Waals surface area contributed by atoms with E-state index in [1.54, 1.807) is 0 Å². The number of carbonyl (C=O) groups excluding carboxylic acids is 1. The molecule has 1 unspecified atom stereocenters. The topological polar surface area (TPSA) is 58.1 Å². The van der Waals surface area contributed by atoms with E-state index >= 15 is 0 Å². The van der Waals surface area contributed by atoms with Gasteiger partial charge in [-0.3, -0.25) is 4.79 Å². The van der Waals surface area contributed by atoms with Crippen molar-refractivity contribution in [3.05, 3.63) is 23.3 Å². The maximum Gasteiger partial charge on any atom is 0.270 e. The van der Waals surface area contributed by atoms with Crippen molar-refractivity contribution in [1.82, 2.24) is 20.2 Å². The van der Waals surface area contributed by atoms with Crippen molar-refractivity contribution in [2.45, 2.75) is 39.0 Å². The average Bonchev–Trinajstić information content (AvgIpc) is 2.44. The van der Waals surface area contributed by atoms with Crippen molar-refractivity contribution in [2.75, 3.05) is 26.7 Å². The summed E-state index contributed by atoms with van der Waals surface area (Å²) in [6.07, 6.45) is 3.24. The molecule has 0 aromatic carbocycles. The van der Waals surface area contributed by atoms with E-state index in [0.29, 0.717) is 24.0 Å². The van der Waals surface area contributed by atoms with E-state index in [4.69, 9.17) is 0 Å². The van der Waals surface area contributed by atoms with Gasteiger partial charge in [-0.2, -0.15) is 0 Å². The zero-order chi connectivity index (χ0) is 14.5. The smallest absolute Gasteiger partial charge is 0.270 e. The molecule has 0 aliphatic carbocycles. The predicted octanol–water partition coefficient (Wildman–Crippen LogP) is 1.73. The van der Waals surface area contributed by atoms with Crippen LogP contribution in [-0.4, -0.2) is 47.5 Å². The fourth-order valence-electron chi connectivity index (χ4n) is 2.65. The highest BCUT2D eigenvalue weighted by atomic mass is 16.1. The van der Waals surface area contributed by atoms with Gasteiger partial charge in [-0.25, -0.2) is 9.97 Å². The van der Waals surface area contributed by atoms with Crippen LogP contribution in [0.25, 0.3) is 0 Å². The summed E-state index contributed by atoms with van der Waals surface area (Å²) < 4.78 is 0. The Kier molecular flexibility index (Phi) is 5.06. The van der Waals surface area contributed by atoms with Gasteiger partial charge in [0, 0.05) is 24.7 Å². The van der Waals surface area contributed by atoms with Gasteiger partial charge in [-0.15, -0.1) is 0 Å². The summed E-state index contributed by atoms with van der Waals surface area (Å²) in [6, 6.07) is 1.86. The number of amides is 1. The van der Waals surface area contributed by atoms with Crippen LogP contribution in [0.5, 0.6) is 0 Å². The summed E-state index contributed by atoms with van der Waals surface area (Å²) in [5, 5.41) is 2.88. The van der Waals surface area contributed by atoms with Crippen LogP contribution in [0.2, 0.25) is 0 Å². The number of hydrogen-bond acceptors (Lipinski definition) is 4. The summed E-state index contributed by atoms with van der Waals surface area (Å²) in [4.78, 5) is 23.2. The minimum absolute atomic E-state index is 0.0947. The van der Waals surface area contributed by atoms with Gasteiger partial charge in [0.1, 0.15) is 11.5 Å². The first kappa shape index (κ1) is 14.9. The minimum atomic E-state index is -0.0947. The standard InChI is InChI=1S/C15H24N4O/c1-4-7-16-15(20)14-9-13(17-11(2)18-14)12-6-5-8-19(3)10-12/h9,12H,4-8,10H2,1-3H3,(H,16,20). The lowest BCUT2D eigenvalue weighted by molar-refractivity contribution is 0.0948. The summed E-state index contributed by atoms with van der Waals surface area (Å²) in [5.41, 5.74) is 1.50. The molecule has 1 atom stereocenters. The quantitative estimate of drug-likeness (QED) is 0.910. The molecule has 1 aliphatic heterocycles. The predicted molar refractivity (Wildman–Crippen MR) is 78.9 cm³/mol. The number of aryl methyl sites for hydroxylation is 1. The Hall–Kier alpha value is -1.49. The van der Waals surface area contributed by atoms with Crippen LogP contribution in [-0.2, 0) is 0 Å². The van der Waals surface area contributed by atoms with Gasteiger partial charge >= 0.3 is 0 Å². The van der Waals surface area contributed by atoms with Gasteiger partial charge in [0.05, 0.1) is 0 Å². The van der Waals surface area contributed by atoms with E-state index in [1.165, 1.54) is 6.42 Å². The Bertz CT molecular complexity index is 475. The number of likely N-dealkylation sites (tertiary alicyclic amines) is 1. The molecular weight excluding hydrogens is 252 g/mol. The van der Waals surface area contributed by atoms with Gasteiger partial charge in [-0.05, 0) is 45.8 Å². The van der Waals surface area contributed by atoms with Crippen molar-refractivity contribution in [2.24, 2.45) is 0 Å². The van der Waals surface area contributed by atoms with E-state index in [1.807, 2.05) is 19.9 Å². The van der Waals surface area contributed by atoms with E-state index < -0.39 is 0 Å². The summed E-state index contributed by atoms with van der Waals surface area (Å²) in [6.45, 7) is 6.72. The van der Waals surface area contributed by atoms with Crippen LogP contribution in [0.3, 0.4) is 0 Å². The number of carbonyl (C=O) groups is 1. The largest absolute Gasteiger partial charge is 0.351 e. The fraction of sp³-hybridized carbons (Fsp3) is 0.667. The highest BCUT2D eigenvalue weighted by Crippen LogP contribution is 2.25. The fourth-order valence-corrected chi connectivity index (χ4v) is 2.65. The molecular formula is C15H24N4O. The monoisotopic (exact) mass is 276 g/mol. The number of nitrogens with one attached hydrogen (secondary N) is 1. The molecule has 0 radical (unpaired) electrons. The second-order valence-electron chi connectivity index (χ2n) is 5.58. The van der Waals surface area contributed by atoms with Crippen LogP contribution < -0.4 is 5.32 Å². The zero-order valence-corrected chi connectivity index (χ0v) is 12.6. The highest BCUT2D eigenvalue weighted by Gasteiger charge is 2.22. The third-order valence-electron chi connectivity index (χ3n) is 3.67. The molecule has 1 N–H and O–H groups in total. The van der Waals surface area contributed by atoms with Crippen molar-refractivity contribution in [3.8, 4) is 0 Å². The number of hydrogen-bond donors (Lipinski definition) is 1. The van der Waals surface area contributed by atoms with Crippen LogP contribution in [0.1, 0.15) is 54.1 Å². The first-order chi connectivity index (χ1) is 9.60. The van der Waals surface area contributed by atoms with Crippen molar-refractivity contribution >= 4 is 5.91 Å². The molecule has 1 amide bonds. The number of rotatable bonds is 4. The number of nitrogens with zero attached hydrogens (tertiary/aromatic N) is 3. The Morgan fingerprint density at radius 3 is 3.00 bits per heavy atom. The summed E-state index contributed by atoms with van der Waals surface area (Å²) in [5.74, 6) is 0.994. The third-order valence-corrected chi connectivity index (χ3v) is 3.67. The van der Waals surface area contributed by atoms with Crippen molar-refractivity contribution in [1.29, 1.82) is 0 Å². The van der Waals surface area contributed by atoms with E-state index in [-0.39, 0.29) is 5.91 Å². The van der Waals surface area contributed by atoms with E-state index in [2.05, 4.69) is 27.2 Å². The molecule has 20 heavy (non-hydrogen) atoms. The molecule has 0 bridgehead atoms. The molecule has 2 heterocycles. The van der Waals surface area contributed by atoms with Gasteiger partial charge in [0.25, 0.3) is 5.91 Å². The molecule has 5 heteroatoms. The Labute approximate surface area is 120 Å². The third kappa shape index (κ3) is 3.76. The minimum Gasteiger partial charge on any atom is -0.351 e. The number of aromatic nitrogens is 2. The molecule has 1 aromatic rings.